The van der Waals surface area contributed by atoms with Gasteiger partial charge in [-0.15, -0.1) is 0 Å². The van der Waals surface area contributed by atoms with E-state index in [1.54, 1.807) is 36.1 Å². The maximum Gasteiger partial charge on any atom is 0.191 e. The lowest BCUT2D eigenvalue weighted by Gasteiger charge is -2.19. The molecule has 1 atom stereocenters. The van der Waals surface area contributed by atoms with Gasteiger partial charge in [0.15, 0.2) is 17.6 Å². The zero-order chi connectivity index (χ0) is 21.6. The van der Waals surface area contributed by atoms with Crippen molar-refractivity contribution in [3.8, 4) is 5.69 Å². The second kappa shape index (κ2) is 9.55. The third-order valence-electron chi connectivity index (χ3n) is 5.20. The molecular formula is C22H25F2N7. The van der Waals surface area contributed by atoms with Gasteiger partial charge in [0.25, 0.3) is 0 Å². The highest BCUT2D eigenvalue weighted by Gasteiger charge is 2.25. The van der Waals surface area contributed by atoms with Crippen molar-refractivity contribution in [2.75, 3.05) is 31.6 Å². The number of halogens is 2. The molecule has 1 aliphatic rings. The minimum atomic E-state index is -0.300. The molecule has 1 aromatic carbocycles. The molecule has 1 aliphatic heterocycles. The maximum absolute atomic E-state index is 14.0. The Labute approximate surface area is 179 Å². The Morgan fingerprint density at radius 3 is 2.81 bits per heavy atom. The molecule has 0 aliphatic carbocycles. The van der Waals surface area contributed by atoms with Gasteiger partial charge < -0.3 is 15.5 Å². The zero-order valence-corrected chi connectivity index (χ0v) is 17.3. The van der Waals surface area contributed by atoms with Gasteiger partial charge in [-0.3, -0.25) is 4.99 Å². The van der Waals surface area contributed by atoms with E-state index in [9.17, 15) is 8.78 Å². The van der Waals surface area contributed by atoms with Crippen molar-refractivity contribution in [1.29, 1.82) is 0 Å². The average molecular weight is 425 g/mol. The van der Waals surface area contributed by atoms with Crippen LogP contribution in [-0.2, 0) is 6.42 Å². The molecule has 0 bridgehead atoms. The van der Waals surface area contributed by atoms with Crippen molar-refractivity contribution < 1.29 is 8.78 Å². The molecule has 9 heteroatoms. The minimum Gasteiger partial charge on any atom is -0.356 e. The summed E-state index contributed by atoms with van der Waals surface area (Å²) in [6, 6.07) is 11.3. The molecule has 1 fully saturated rings. The van der Waals surface area contributed by atoms with Gasteiger partial charge in [0, 0.05) is 51.5 Å². The topological polar surface area (TPSA) is 70.4 Å². The van der Waals surface area contributed by atoms with Gasteiger partial charge >= 0.3 is 0 Å². The van der Waals surface area contributed by atoms with Crippen LogP contribution in [0.25, 0.3) is 5.69 Å². The van der Waals surface area contributed by atoms with E-state index in [2.05, 4.69) is 25.7 Å². The smallest absolute Gasteiger partial charge is 0.191 e. The number of benzene rings is 1. The van der Waals surface area contributed by atoms with E-state index in [4.69, 9.17) is 0 Å². The summed E-state index contributed by atoms with van der Waals surface area (Å²) in [4.78, 5) is 10.4. The molecule has 2 aromatic heterocycles. The fraction of sp³-hybridized carbons (Fsp3) is 0.318. The summed E-state index contributed by atoms with van der Waals surface area (Å²) < 4.78 is 28.8. The number of guanidine groups is 1. The highest BCUT2D eigenvalue weighted by molar-refractivity contribution is 5.80. The van der Waals surface area contributed by atoms with Gasteiger partial charge in [-0.2, -0.15) is 5.10 Å². The Morgan fingerprint density at radius 2 is 2.03 bits per heavy atom. The number of anilines is 1. The zero-order valence-electron chi connectivity index (χ0n) is 17.3. The number of nitrogens with one attached hydrogen (secondary N) is 2. The molecule has 162 valence electrons. The van der Waals surface area contributed by atoms with Crippen molar-refractivity contribution in [2.24, 2.45) is 4.99 Å². The summed E-state index contributed by atoms with van der Waals surface area (Å²) in [6.45, 7) is 2.06. The van der Waals surface area contributed by atoms with Gasteiger partial charge in [0.05, 0.1) is 11.4 Å². The van der Waals surface area contributed by atoms with E-state index in [1.807, 2.05) is 17.2 Å². The normalized spacial score (nSPS) is 16.5. The monoisotopic (exact) mass is 425 g/mol. The standard InChI is InChI=1S/C22H25F2N7/c1-25-22(28-18-9-13-30(15-18)21-20(24)3-2-11-26-21)27-12-8-17-10-14-31(29-17)19-6-4-16(23)5-7-19/h2-7,10-11,14,18H,8-9,12-13,15H2,1H3,(H2,25,27,28). The molecule has 31 heavy (non-hydrogen) atoms. The molecule has 2 N–H and O–H groups in total. The molecule has 3 aromatic rings. The van der Waals surface area contributed by atoms with Crippen LogP contribution in [0.1, 0.15) is 12.1 Å². The highest BCUT2D eigenvalue weighted by Crippen LogP contribution is 2.20. The number of aromatic nitrogens is 3. The lowest BCUT2D eigenvalue weighted by Crippen LogP contribution is -2.45. The Morgan fingerprint density at radius 1 is 1.19 bits per heavy atom. The number of hydrogen-bond acceptors (Lipinski definition) is 4. The summed E-state index contributed by atoms with van der Waals surface area (Å²) in [5.74, 6) is 0.526. The predicted octanol–water partition coefficient (Wildman–Crippen LogP) is 2.53. The van der Waals surface area contributed by atoms with E-state index >= 15 is 0 Å². The summed E-state index contributed by atoms with van der Waals surface area (Å²) in [5, 5.41) is 11.2. The van der Waals surface area contributed by atoms with Gasteiger partial charge in [-0.1, -0.05) is 0 Å². The lowest BCUT2D eigenvalue weighted by atomic mass is 10.3. The molecule has 0 radical (unpaired) electrons. The van der Waals surface area contributed by atoms with Crippen molar-refractivity contribution in [3.05, 3.63) is 72.2 Å². The van der Waals surface area contributed by atoms with Crippen molar-refractivity contribution in [1.82, 2.24) is 25.4 Å². The highest BCUT2D eigenvalue weighted by atomic mass is 19.1. The first-order valence-electron chi connectivity index (χ1n) is 10.3. The van der Waals surface area contributed by atoms with Crippen LogP contribution in [0.5, 0.6) is 0 Å². The largest absolute Gasteiger partial charge is 0.356 e. The number of nitrogens with zero attached hydrogens (tertiary/aromatic N) is 5. The Bertz CT molecular complexity index is 1030. The third-order valence-corrected chi connectivity index (χ3v) is 5.20. The van der Waals surface area contributed by atoms with Gasteiger partial charge in [0.1, 0.15) is 5.82 Å². The molecular weight excluding hydrogens is 400 g/mol. The molecule has 4 rings (SSSR count). The van der Waals surface area contributed by atoms with Crippen LogP contribution in [0, 0.1) is 11.6 Å². The quantitative estimate of drug-likeness (QED) is 0.469. The van der Waals surface area contributed by atoms with Crippen LogP contribution < -0.4 is 15.5 Å². The van der Waals surface area contributed by atoms with Crippen LogP contribution in [0.15, 0.2) is 59.9 Å². The van der Waals surface area contributed by atoms with E-state index in [0.717, 1.165) is 24.3 Å². The summed E-state index contributed by atoms with van der Waals surface area (Å²) in [7, 11) is 1.73. The SMILES string of the molecule is CN=C(NCCc1ccn(-c2ccc(F)cc2)n1)NC1CCN(c2ncccc2F)C1. The fourth-order valence-electron chi connectivity index (χ4n) is 3.61. The van der Waals surface area contributed by atoms with Crippen molar-refractivity contribution >= 4 is 11.8 Å². The van der Waals surface area contributed by atoms with Crippen LogP contribution >= 0.6 is 0 Å². The molecule has 0 spiro atoms. The van der Waals surface area contributed by atoms with Crippen molar-refractivity contribution in [3.63, 3.8) is 0 Å². The number of pyridine rings is 1. The number of rotatable bonds is 6. The first kappa shape index (κ1) is 20.8. The second-order valence-electron chi connectivity index (χ2n) is 7.36. The first-order valence-corrected chi connectivity index (χ1v) is 10.3. The number of hydrogen-bond donors (Lipinski definition) is 2. The van der Waals surface area contributed by atoms with Crippen molar-refractivity contribution in [2.45, 2.75) is 18.9 Å². The summed E-state index contributed by atoms with van der Waals surface area (Å²) in [5.41, 5.74) is 1.73. The second-order valence-corrected chi connectivity index (χ2v) is 7.36. The summed E-state index contributed by atoms with van der Waals surface area (Å²) >= 11 is 0. The summed E-state index contributed by atoms with van der Waals surface area (Å²) in [6.07, 6.45) is 5.06. The van der Waals surface area contributed by atoms with E-state index in [-0.39, 0.29) is 17.7 Å². The minimum absolute atomic E-state index is 0.158. The molecule has 0 amide bonds. The first-order chi connectivity index (χ1) is 15.1. The molecule has 3 heterocycles. The van der Waals surface area contributed by atoms with E-state index in [1.165, 1.54) is 18.2 Å². The molecule has 7 nitrogen and oxygen atoms in total. The Hall–Kier alpha value is -3.49. The average Bonchev–Trinajstić information content (AvgIpc) is 3.44. The number of aliphatic imine (C=N–C) groups is 1. The van der Waals surface area contributed by atoms with E-state index < -0.39 is 0 Å². The Kier molecular flexibility index (Phi) is 6.40. The maximum atomic E-state index is 14.0. The lowest BCUT2D eigenvalue weighted by molar-refractivity contribution is 0.612. The van der Waals surface area contributed by atoms with Crippen LogP contribution in [0.3, 0.4) is 0 Å². The van der Waals surface area contributed by atoms with Gasteiger partial charge in [-0.25, -0.2) is 18.4 Å². The fourth-order valence-corrected chi connectivity index (χ4v) is 3.61. The third kappa shape index (κ3) is 5.17. The van der Waals surface area contributed by atoms with E-state index in [0.29, 0.717) is 31.3 Å². The van der Waals surface area contributed by atoms with Crippen LogP contribution in [0.4, 0.5) is 14.6 Å². The molecule has 1 unspecified atom stereocenters. The van der Waals surface area contributed by atoms with Crippen LogP contribution in [-0.4, -0.2) is 53.4 Å². The molecule has 1 saturated heterocycles. The predicted molar refractivity (Wildman–Crippen MR) is 117 cm³/mol. The Balaban J connectivity index is 1.25. The van der Waals surface area contributed by atoms with Gasteiger partial charge in [0.2, 0.25) is 0 Å². The molecule has 0 saturated carbocycles. The van der Waals surface area contributed by atoms with Gasteiger partial charge in [-0.05, 0) is 48.9 Å². The van der Waals surface area contributed by atoms with Crippen LogP contribution in [0.2, 0.25) is 0 Å².